The van der Waals surface area contributed by atoms with Gasteiger partial charge in [-0.15, -0.1) is 0 Å². The van der Waals surface area contributed by atoms with Gasteiger partial charge < -0.3 is 10.1 Å². The highest BCUT2D eigenvalue weighted by Gasteiger charge is 2.08. The molecule has 1 heterocycles. The normalized spacial score (nSPS) is 10.5. The molecular weight excluding hydrogens is 335 g/mol. The SMILES string of the molecule is O=C(COc1cc(Cl)ccc1Cl)Nc1cnc2ccccc2c1. The number of para-hydroxylation sites is 1. The van der Waals surface area contributed by atoms with Gasteiger partial charge in [0.25, 0.3) is 5.91 Å². The molecule has 1 aromatic heterocycles. The number of nitrogens with one attached hydrogen (secondary N) is 1. The van der Waals surface area contributed by atoms with Crippen molar-refractivity contribution in [3.05, 3.63) is 64.8 Å². The second-order valence-electron chi connectivity index (χ2n) is 4.83. The second-order valence-corrected chi connectivity index (χ2v) is 5.67. The van der Waals surface area contributed by atoms with Gasteiger partial charge in [-0.1, -0.05) is 41.4 Å². The summed E-state index contributed by atoms with van der Waals surface area (Å²) in [5.41, 5.74) is 1.47. The van der Waals surface area contributed by atoms with Crippen LogP contribution in [0, 0.1) is 0 Å². The summed E-state index contributed by atoms with van der Waals surface area (Å²) in [5, 5.41) is 4.57. The van der Waals surface area contributed by atoms with Gasteiger partial charge in [0, 0.05) is 16.5 Å². The summed E-state index contributed by atoms with van der Waals surface area (Å²) in [6.45, 7) is -0.174. The van der Waals surface area contributed by atoms with E-state index >= 15 is 0 Å². The van der Waals surface area contributed by atoms with Crippen molar-refractivity contribution < 1.29 is 9.53 Å². The highest BCUT2D eigenvalue weighted by Crippen LogP contribution is 2.27. The van der Waals surface area contributed by atoms with Crippen LogP contribution < -0.4 is 10.1 Å². The van der Waals surface area contributed by atoms with Gasteiger partial charge in [0.15, 0.2) is 6.61 Å². The standard InChI is InChI=1S/C17H12Cl2N2O2/c18-12-5-6-14(19)16(8-12)23-10-17(22)21-13-7-11-3-1-2-4-15(11)20-9-13/h1-9H,10H2,(H,21,22). The number of hydrogen-bond acceptors (Lipinski definition) is 3. The van der Waals surface area contributed by atoms with Crippen molar-refractivity contribution in [3.63, 3.8) is 0 Å². The number of aromatic nitrogens is 1. The van der Waals surface area contributed by atoms with Gasteiger partial charge in [0.2, 0.25) is 0 Å². The molecule has 3 aromatic rings. The number of nitrogens with zero attached hydrogens (tertiary/aromatic N) is 1. The minimum atomic E-state index is -0.307. The van der Waals surface area contributed by atoms with Crippen LogP contribution in [0.3, 0.4) is 0 Å². The van der Waals surface area contributed by atoms with Gasteiger partial charge >= 0.3 is 0 Å². The summed E-state index contributed by atoms with van der Waals surface area (Å²) >= 11 is 11.8. The average molecular weight is 347 g/mol. The van der Waals surface area contributed by atoms with Gasteiger partial charge in [-0.2, -0.15) is 0 Å². The lowest BCUT2D eigenvalue weighted by molar-refractivity contribution is -0.118. The molecule has 0 spiro atoms. The maximum absolute atomic E-state index is 12.0. The van der Waals surface area contributed by atoms with Crippen LogP contribution in [0.5, 0.6) is 5.75 Å². The molecule has 116 valence electrons. The van der Waals surface area contributed by atoms with E-state index in [0.29, 0.717) is 21.5 Å². The number of pyridine rings is 1. The third-order valence-corrected chi connectivity index (χ3v) is 3.67. The van der Waals surface area contributed by atoms with E-state index in [1.807, 2.05) is 30.3 Å². The number of hydrogen-bond donors (Lipinski definition) is 1. The molecule has 0 aliphatic heterocycles. The third-order valence-electron chi connectivity index (χ3n) is 3.13. The maximum atomic E-state index is 12.0. The highest BCUT2D eigenvalue weighted by atomic mass is 35.5. The summed E-state index contributed by atoms with van der Waals surface area (Å²) in [7, 11) is 0. The number of ether oxygens (including phenoxy) is 1. The van der Waals surface area contributed by atoms with Gasteiger partial charge in [-0.25, -0.2) is 0 Å². The fourth-order valence-corrected chi connectivity index (χ4v) is 2.40. The zero-order valence-electron chi connectivity index (χ0n) is 11.9. The van der Waals surface area contributed by atoms with Crippen molar-refractivity contribution in [2.45, 2.75) is 0 Å². The first-order valence-electron chi connectivity index (χ1n) is 6.84. The molecule has 2 aromatic carbocycles. The highest BCUT2D eigenvalue weighted by molar-refractivity contribution is 6.34. The minimum absolute atomic E-state index is 0.174. The van der Waals surface area contributed by atoms with Crippen molar-refractivity contribution in [2.75, 3.05) is 11.9 Å². The Morgan fingerprint density at radius 1 is 1.13 bits per heavy atom. The number of halogens is 2. The summed E-state index contributed by atoms with van der Waals surface area (Å²) in [6, 6.07) is 14.4. The molecule has 23 heavy (non-hydrogen) atoms. The molecule has 0 unspecified atom stereocenters. The maximum Gasteiger partial charge on any atom is 0.262 e. The van der Waals surface area contributed by atoms with Crippen molar-refractivity contribution in [1.82, 2.24) is 4.98 Å². The molecule has 3 rings (SSSR count). The molecule has 4 nitrogen and oxygen atoms in total. The molecule has 1 N–H and O–H groups in total. The number of anilines is 1. The largest absolute Gasteiger partial charge is 0.482 e. The molecule has 0 atom stereocenters. The van der Waals surface area contributed by atoms with Crippen molar-refractivity contribution in [2.24, 2.45) is 0 Å². The van der Waals surface area contributed by atoms with E-state index in [-0.39, 0.29) is 12.5 Å². The number of carbonyl (C=O) groups excluding carboxylic acids is 1. The van der Waals surface area contributed by atoms with E-state index in [2.05, 4.69) is 10.3 Å². The predicted octanol–water partition coefficient (Wildman–Crippen LogP) is 4.56. The zero-order chi connectivity index (χ0) is 16.2. The average Bonchev–Trinajstić information content (AvgIpc) is 2.55. The lowest BCUT2D eigenvalue weighted by Gasteiger charge is -2.09. The number of benzene rings is 2. The van der Waals surface area contributed by atoms with E-state index in [1.165, 1.54) is 0 Å². The molecule has 0 saturated heterocycles. The fraction of sp³-hybridized carbons (Fsp3) is 0.0588. The van der Waals surface area contributed by atoms with Gasteiger partial charge in [-0.3, -0.25) is 9.78 Å². The monoisotopic (exact) mass is 346 g/mol. The Morgan fingerprint density at radius 3 is 2.83 bits per heavy atom. The number of carbonyl (C=O) groups is 1. The van der Waals surface area contributed by atoms with Crippen LogP contribution in [0.1, 0.15) is 0 Å². The Hall–Kier alpha value is -2.30. The quantitative estimate of drug-likeness (QED) is 0.753. The summed E-state index contributed by atoms with van der Waals surface area (Å²) in [6.07, 6.45) is 1.60. The summed E-state index contributed by atoms with van der Waals surface area (Å²) in [4.78, 5) is 16.3. The molecule has 0 radical (unpaired) electrons. The third kappa shape index (κ3) is 3.92. The van der Waals surface area contributed by atoms with E-state index in [1.54, 1.807) is 24.4 Å². The van der Waals surface area contributed by atoms with Crippen molar-refractivity contribution >= 4 is 45.7 Å². The molecule has 1 amide bonds. The van der Waals surface area contributed by atoms with Crippen molar-refractivity contribution in [3.8, 4) is 5.75 Å². The van der Waals surface area contributed by atoms with E-state index in [4.69, 9.17) is 27.9 Å². The predicted molar refractivity (Wildman–Crippen MR) is 92.3 cm³/mol. The Bertz CT molecular complexity index is 868. The van der Waals surface area contributed by atoms with Crippen LogP contribution in [0.15, 0.2) is 54.7 Å². The topological polar surface area (TPSA) is 51.2 Å². The first-order chi connectivity index (χ1) is 11.1. The molecule has 0 aliphatic carbocycles. The van der Waals surface area contributed by atoms with Crippen LogP contribution in [0.4, 0.5) is 5.69 Å². The van der Waals surface area contributed by atoms with E-state index in [9.17, 15) is 4.79 Å². The van der Waals surface area contributed by atoms with E-state index in [0.717, 1.165) is 10.9 Å². The second kappa shape index (κ2) is 6.86. The Labute approximate surface area is 143 Å². The van der Waals surface area contributed by atoms with E-state index < -0.39 is 0 Å². The number of amides is 1. The Kier molecular flexibility index (Phi) is 4.65. The number of fused-ring (bicyclic) bond motifs is 1. The molecular formula is C17H12Cl2N2O2. The van der Waals surface area contributed by atoms with Crippen LogP contribution in [-0.2, 0) is 4.79 Å². The number of rotatable bonds is 4. The smallest absolute Gasteiger partial charge is 0.262 e. The van der Waals surface area contributed by atoms with Gasteiger partial charge in [0.1, 0.15) is 5.75 Å². The van der Waals surface area contributed by atoms with Gasteiger partial charge in [-0.05, 0) is 24.3 Å². The first kappa shape index (κ1) is 15.6. The summed E-state index contributed by atoms with van der Waals surface area (Å²) < 4.78 is 5.39. The molecule has 6 heteroatoms. The lowest BCUT2D eigenvalue weighted by atomic mass is 10.2. The first-order valence-corrected chi connectivity index (χ1v) is 7.60. The molecule has 0 bridgehead atoms. The van der Waals surface area contributed by atoms with Gasteiger partial charge in [0.05, 0.1) is 22.4 Å². The zero-order valence-corrected chi connectivity index (χ0v) is 13.4. The Morgan fingerprint density at radius 2 is 1.96 bits per heavy atom. The Balaban J connectivity index is 1.65. The van der Waals surface area contributed by atoms with Crippen LogP contribution in [0.25, 0.3) is 10.9 Å². The minimum Gasteiger partial charge on any atom is -0.482 e. The molecule has 0 saturated carbocycles. The molecule has 0 aliphatic rings. The lowest BCUT2D eigenvalue weighted by Crippen LogP contribution is -2.20. The van der Waals surface area contributed by atoms with Crippen molar-refractivity contribution in [1.29, 1.82) is 0 Å². The van der Waals surface area contributed by atoms with Crippen LogP contribution in [-0.4, -0.2) is 17.5 Å². The summed E-state index contributed by atoms with van der Waals surface area (Å²) in [5.74, 6) is 0.0593. The van der Waals surface area contributed by atoms with Crippen LogP contribution in [0.2, 0.25) is 10.0 Å². The molecule has 0 fully saturated rings. The fourth-order valence-electron chi connectivity index (χ4n) is 2.07. The van der Waals surface area contributed by atoms with Crippen LogP contribution >= 0.6 is 23.2 Å².